The number of aliphatic hydroxyl groups is 2. The average Bonchev–Trinajstić information content (AvgIpc) is 3.08. The van der Waals surface area contributed by atoms with E-state index in [9.17, 15) is 29.8 Å². The van der Waals surface area contributed by atoms with Gasteiger partial charge in [0.1, 0.15) is 24.1 Å². The zero-order chi connectivity index (χ0) is 29.3. The van der Waals surface area contributed by atoms with Crippen LogP contribution < -0.4 is 21.8 Å². The summed E-state index contributed by atoms with van der Waals surface area (Å²) in [6.45, 7) is -0.141. The van der Waals surface area contributed by atoms with Crippen molar-refractivity contribution in [2.45, 2.75) is 101 Å². The Morgan fingerprint density at radius 1 is 1.30 bits per heavy atom. The lowest BCUT2D eigenvalue weighted by Crippen LogP contribution is -2.56. The molecule has 1 aromatic rings. The fourth-order valence-corrected chi connectivity index (χ4v) is 7.37. The number of carboxylic acid groups (broad SMARTS) is 1. The van der Waals surface area contributed by atoms with Crippen molar-refractivity contribution in [3.63, 3.8) is 0 Å². The molecule has 1 saturated heterocycles. The van der Waals surface area contributed by atoms with Gasteiger partial charge in [0.05, 0.1) is 0 Å². The second kappa shape index (κ2) is 12.0. The van der Waals surface area contributed by atoms with Crippen LogP contribution >= 0.6 is 8.09 Å². The number of alkyl halides is 1. The van der Waals surface area contributed by atoms with Gasteiger partial charge >= 0.3 is 17.4 Å². The van der Waals surface area contributed by atoms with Gasteiger partial charge < -0.3 is 35.4 Å². The third kappa shape index (κ3) is 5.94. The highest BCUT2D eigenvalue weighted by molar-refractivity contribution is 7.36. The summed E-state index contributed by atoms with van der Waals surface area (Å²) in [4.78, 5) is 41.3. The molecule has 3 aliphatic rings. The molecule has 0 amide bonds. The number of anilines is 1. The van der Waals surface area contributed by atoms with E-state index in [1.165, 1.54) is 6.07 Å². The van der Waals surface area contributed by atoms with Crippen LogP contribution in [0.25, 0.3) is 0 Å². The molecule has 4 rings (SSSR count). The maximum absolute atomic E-state index is 16.4. The lowest BCUT2D eigenvalue weighted by atomic mass is 9.65. The summed E-state index contributed by atoms with van der Waals surface area (Å²) in [7, 11) is -2.89. The Labute approximate surface area is 232 Å². The molecule has 40 heavy (non-hydrogen) atoms. The van der Waals surface area contributed by atoms with E-state index in [0.29, 0.717) is 25.7 Å². The molecular weight excluding hydrogens is 548 g/mol. The summed E-state index contributed by atoms with van der Waals surface area (Å²) < 4.78 is 32.3. The van der Waals surface area contributed by atoms with Crippen LogP contribution in [0.1, 0.15) is 77.4 Å². The molecule has 7 N–H and O–H groups in total. The summed E-state index contributed by atoms with van der Waals surface area (Å²) in [5.41, 5.74) is 5.25. The highest BCUT2D eigenvalue weighted by atomic mass is 31.1. The van der Waals surface area contributed by atoms with E-state index in [2.05, 4.69) is 9.73 Å². The van der Waals surface area contributed by atoms with Crippen molar-refractivity contribution in [1.29, 1.82) is 0 Å². The zero-order valence-electron chi connectivity index (χ0n) is 22.5. The van der Waals surface area contributed by atoms with E-state index in [0.717, 1.165) is 56.2 Å². The van der Waals surface area contributed by atoms with Crippen LogP contribution in [0.4, 0.5) is 10.2 Å². The number of carboxylic acids is 1. The molecule has 13 nitrogen and oxygen atoms in total. The molecule has 2 saturated carbocycles. The minimum absolute atomic E-state index is 0.116. The van der Waals surface area contributed by atoms with Gasteiger partial charge in [-0.25, -0.2) is 14.0 Å². The number of nitrogen functional groups attached to an aromatic ring is 1. The summed E-state index contributed by atoms with van der Waals surface area (Å²) in [5.74, 6) is -5.92. The molecule has 2 heterocycles. The Hall–Kier alpha value is -2.06. The van der Waals surface area contributed by atoms with Gasteiger partial charge in [0.15, 0.2) is 6.23 Å². The third-order valence-electron chi connectivity index (χ3n) is 8.68. The Morgan fingerprint density at radius 3 is 2.33 bits per heavy atom. The first-order valence-electron chi connectivity index (χ1n) is 13.8. The number of ether oxygens (including phenoxy) is 2. The number of aliphatic carboxylic acids is 1. The average molecular weight is 588 g/mol. The minimum atomic E-state index is -3.19. The maximum Gasteiger partial charge on any atom is 0.363 e. The van der Waals surface area contributed by atoms with Crippen LogP contribution in [0.5, 0.6) is 0 Å². The molecule has 0 bridgehead atoms. The third-order valence-corrected chi connectivity index (χ3v) is 9.18. The number of rotatable bonds is 9. The summed E-state index contributed by atoms with van der Waals surface area (Å²) in [6.07, 6.45) is 5.43. The molecule has 2 aliphatic carbocycles. The molecule has 0 aromatic carbocycles. The van der Waals surface area contributed by atoms with Crippen LogP contribution in [-0.4, -0.2) is 60.7 Å². The van der Waals surface area contributed by atoms with E-state index < -0.39 is 61.8 Å². The van der Waals surface area contributed by atoms with Crippen molar-refractivity contribution in [3.05, 3.63) is 22.7 Å². The maximum atomic E-state index is 16.4. The second-order valence-electron chi connectivity index (χ2n) is 11.4. The molecule has 1 aromatic heterocycles. The number of hydrogen-bond donors (Lipinski definition) is 5. The van der Waals surface area contributed by atoms with Gasteiger partial charge in [0.25, 0.3) is 13.9 Å². The first kappa shape index (κ1) is 30.9. The summed E-state index contributed by atoms with van der Waals surface area (Å²) >= 11 is 0. The van der Waals surface area contributed by atoms with Gasteiger partial charge in [-0.15, -0.1) is 5.50 Å². The largest absolute Gasteiger partial charge is 0.595 e. The van der Waals surface area contributed by atoms with Crippen molar-refractivity contribution < 1.29 is 38.9 Å². The quantitative estimate of drug-likeness (QED) is 0.261. The Balaban J connectivity index is 1.72. The molecule has 0 spiro atoms. The molecule has 0 radical (unpaired) electrons. The molecule has 15 heteroatoms. The monoisotopic (exact) mass is 587 g/mol. The lowest BCUT2D eigenvalue weighted by molar-refractivity contribution is -0.249. The van der Waals surface area contributed by atoms with Crippen molar-refractivity contribution in [2.24, 2.45) is 28.0 Å². The number of halogens is 1. The van der Waals surface area contributed by atoms with Gasteiger partial charge in [-0.05, 0) is 55.3 Å². The fraction of sp³-hybridized carbons (Fsp3) is 0.800. The van der Waals surface area contributed by atoms with E-state index in [4.69, 9.17) is 20.7 Å². The van der Waals surface area contributed by atoms with Crippen LogP contribution in [-0.2, 0) is 14.3 Å². The van der Waals surface area contributed by atoms with Crippen LogP contribution in [0.15, 0.2) is 21.8 Å². The smallest absolute Gasteiger partial charge is 0.363 e. The standard InChI is InChI=1S/C25H39FN5O8P/c1-23(36)19(32)24(26,39-20(23)31-13-12-17(27)29-22(31)35)14-38-25(21(33)34,30-40(28)37)18(15-8-4-2-5-9-15)16-10-6-3-7-11-16/h12-13,15-16,18-20,32,36H,2-11,14H2,1H3,(H2,28,30)(H,33,34)(H2,27,29,35)/t19-,20+,23+,24+,25+/m0/s1. The summed E-state index contributed by atoms with van der Waals surface area (Å²) in [6, 6.07) is 1.23. The number of aliphatic hydroxyl groups excluding tert-OH is 1. The molecule has 1 aliphatic heterocycles. The second-order valence-corrected chi connectivity index (χ2v) is 12.2. The van der Waals surface area contributed by atoms with E-state index >= 15 is 4.39 Å². The first-order valence-corrected chi connectivity index (χ1v) is 15.0. The highest BCUT2D eigenvalue weighted by Crippen LogP contribution is 2.50. The van der Waals surface area contributed by atoms with Crippen molar-refractivity contribution in [3.8, 4) is 0 Å². The fourth-order valence-electron chi connectivity index (χ4n) is 6.80. The first-order chi connectivity index (χ1) is 18.8. The van der Waals surface area contributed by atoms with E-state index in [1.807, 2.05) is 0 Å². The van der Waals surface area contributed by atoms with Crippen LogP contribution in [0, 0.1) is 17.8 Å². The van der Waals surface area contributed by atoms with Crippen molar-refractivity contribution in [1.82, 2.24) is 9.55 Å². The number of hydrogen-bond acceptors (Lipinski definition) is 10. The number of aromatic nitrogens is 2. The van der Waals surface area contributed by atoms with Crippen molar-refractivity contribution >= 4 is 19.9 Å². The molecule has 6 atom stereocenters. The zero-order valence-corrected chi connectivity index (χ0v) is 23.4. The van der Waals surface area contributed by atoms with Gasteiger partial charge in [0, 0.05) is 12.1 Å². The lowest BCUT2D eigenvalue weighted by Gasteiger charge is -2.44. The predicted molar refractivity (Wildman–Crippen MR) is 140 cm³/mol. The molecule has 1 unspecified atom stereocenters. The topological polar surface area (TPSA) is 219 Å². The van der Waals surface area contributed by atoms with Gasteiger partial charge in [-0.3, -0.25) is 4.57 Å². The predicted octanol–water partition coefficient (Wildman–Crippen LogP) is 1.52. The Kier molecular flexibility index (Phi) is 9.30. The molecule has 3 fully saturated rings. The van der Waals surface area contributed by atoms with Crippen LogP contribution in [0.3, 0.4) is 0 Å². The van der Waals surface area contributed by atoms with Gasteiger partial charge in [-0.2, -0.15) is 4.98 Å². The minimum Gasteiger partial charge on any atom is -0.595 e. The number of nitrogens with two attached hydrogens (primary N) is 2. The SMILES string of the molecule is C[C@]1(O)[C@H](n2ccc(N)nc2=O)O[C@](F)(CO[C@@](N=[P+](N)[O-])(C(=O)O)C(C2CCCCC2)C2CCCCC2)[C@H]1O. The van der Waals surface area contributed by atoms with Crippen LogP contribution in [0.2, 0.25) is 0 Å². The number of carbonyl (C=O) groups is 1. The summed E-state index contributed by atoms with van der Waals surface area (Å²) in [5, 5.41) is 32.4. The van der Waals surface area contributed by atoms with Crippen molar-refractivity contribution in [2.75, 3.05) is 12.3 Å². The van der Waals surface area contributed by atoms with Gasteiger partial charge in [-0.1, -0.05) is 38.5 Å². The Morgan fingerprint density at radius 2 is 1.85 bits per heavy atom. The number of nitrogens with zero attached hydrogens (tertiary/aromatic N) is 3. The van der Waals surface area contributed by atoms with E-state index in [1.54, 1.807) is 0 Å². The normalized spacial score (nSPS) is 32.3. The highest BCUT2D eigenvalue weighted by Gasteiger charge is 2.65. The van der Waals surface area contributed by atoms with Gasteiger partial charge in [0.2, 0.25) is 0 Å². The molecule has 224 valence electrons. The van der Waals surface area contributed by atoms with E-state index in [-0.39, 0.29) is 17.7 Å². The Bertz CT molecular complexity index is 1140. The molecular formula is C25H39FN5O8P.